The van der Waals surface area contributed by atoms with Crippen molar-refractivity contribution in [2.24, 2.45) is 0 Å². The number of rotatable bonds is 7. The van der Waals surface area contributed by atoms with Gasteiger partial charge in [-0.2, -0.15) is 0 Å². The third kappa shape index (κ3) is 6.94. The van der Waals surface area contributed by atoms with Crippen molar-refractivity contribution in [1.29, 1.82) is 0 Å². The molecule has 0 aliphatic carbocycles. The number of likely N-dealkylation sites (tertiary alicyclic amines) is 1. The molecule has 1 rings (SSSR count). The van der Waals surface area contributed by atoms with Crippen molar-refractivity contribution in [3.63, 3.8) is 0 Å². The van der Waals surface area contributed by atoms with Gasteiger partial charge in [0.15, 0.2) is 0 Å². The summed E-state index contributed by atoms with van der Waals surface area (Å²) >= 11 is 0. The summed E-state index contributed by atoms with van der Waals surface area (Å²) in [6.07, 6.45) is 14.4. The molecule has 1 heteroatoms. The summed E-state index contributed by atoms with van der Waals surface area (Å²) in [7, 11) is 0. The molecular weight excluding hydrogens is 182 g/mol. The van der Waals surface area contributed by atoms with Crippen molar-refractivity contribution in [2.75, 3.05) is 19.6 Å². The summed E-state index contributed by atoms with van der Waals surface area (Å²) in [6, 6.07) is 0. The van der Waals surface area contributed by atoms with Gasteiger partial charge in [-0.1, -0.05) is 51.9 Å². The molecule has 0 amide bonds. The molecule has 0 spiro atoms. The fourth-order valence-electron chi connectivity index (χ4n) is 2.48. The van der Waals surface area contributed by atoms with Gasteiger partial charge in [0.1, 0.15) is 0 Å². The van der Waals surface area contributed by atoms with Gasteiger partial charge in [0.2, 0.25) is 0 Å². The van der Waals surface area contributed by atoms with Crippen molar-refractivity contribution in [3.05, 3.63) is 0 Å². The minimum Gasteiger partial charge on any atom is -0.303 e. The normalized spacial score (nSPS) is 19.0. The topological polar surface area (TPSA) is 3.24 Å². The van der Waals surface area contributed by atoms with E-state index >= 15 is 0 Å². The summed E-state index contributed by atoms with van der Waals surface area (Å²) in [5, 5.41) is 0. The summed E-state index contributed by atoms with van der Waals surface area (Å²) in [4.78, 5) is 2.69. The molecule has 1 aliphatic heterocycles. The molecule has 0 aromatic rings. The molecule has 0 saturated carbocycles. The van der Waals surface area contributed by atoms with E-state index in [0.717, 1.165) is 0 Å². The maximum Gasteiger partial charge on any atom is -0.00187 e. The van der Waals surface area contributed by atoms with Crippen LogP contribution in [-0.2, 0) is 0 Å². The van der Waals surface area contributed by atoms with Crippen molar-refractivity contribution >= 4 is 0 Å². The lowest BCUT2D eigenvalue weighted by Gasteiger charge is -2.19. The molecule has 15 heavy (non-hydrogen) atoms. The Kier molecular flexibility index (Phi) is 7.99. The predicted molar refractivity (Wildman–Crippen MR) is 68.3 cm³/mol. The monoisotopic (exact) mass is 211 g/mol. The molecule has 1 nitrogen and oxygen atoms in total. The lowest BCUT2D eigenvalue weighted by molar-refractivity contribution is 0.277. The molecular formula is C14H29N. The van der Waals surface area contributed by atoms with E-state index in [1.54, 1.807) is 0 Å². The van der Waals surface area contributed by atoms with Crippen LogP contribution in [-0.4, -0.2) is 24.5 Å². The molecule has 1 saturated heterocycles. The zero-order chi connectivity index (χ0) is 10.8. The van der Waals surface area contributed by atoms with E-state index in [0.29, 0.717) is 0 Å². The Morgan fingerprint density at radius 1 is 0.733 bits per heavy atom. The van der Waals surface area contributed by atoms with Gasteiger partial charge in [0.05, 0.1) is 0 Å². The molecule has 0 unspecified atom stereocenters. The molecule has 0 atom stereocenters. The van der Waals surface area contributed by atoms with E-state index < -0.39 is 0 Å². The quantitative estimate of drug-likeness (QED) is 0.570. The van der Waals surface area contributed by atoms with E-state index in [-0.39, 0.29) is 0 Å². The molecule has 1 aliphatic rings. The lowest BCUT2D eigenvalue weighted by Crippen LogP contribution is -2.25. The van der Waals surface area contributed by atoms with E-state index in [9.17, 15) is 0 Å². The van der Waals surface area contributed by atoms with E-state index in [1.807, 2.05) is 0 Å². The Hall–Kier alpha value is -0.0400. The Morgan fingerprint density at radius 3 is 2.00 bits per heavy atom. The largest absolute Gasteiger partial charge is 0.303 e. The molecule has 90 valence electrons. The first kappa shape index (κ1) is 13.0. The van der Waals surface area contributed by atoms with E-state index in [1.165, 1.54) is 83.8 Å². The molecule has 0 aromatic heterocycles. The average Bonchev–Trinajstić information content (AvgIpc) is 2.52. The van der Waals surface area contributed by atoms with E-state index in [2.05, 4.69) is 11.8 Å². The predicted octanol–water partition coefficient (Wildman–Crippen LogP) is 4.22. The summed E-state index contributed by atoms with van der Waals surface area (Å²) < 4.78 is 0. The SMILES string of the molecule is CCCCCCCCN1CCCCCC1. The van der Waals surface area contributed by atoms with Crippen LogP contribution in [0, 0.1) is 0 Å². The Labute approximate surface area is 96.2 Å². The van der Waals surface area contributed by atoms with Crippen molar-refractivity contribution in [2.45, 2.75) is 71.1 Å². The Bertz CT molecular complexity index is 125. The lowest BCUT2D eigenvalue weighted by atomic mass is 10.1. The molecule has 0 N–H and O–H groups in total. The van der Waals surface area contributed by atoms with Crippen LogP contribution in [0.3, 0.4) is 0 Å². The highest BCUT2D eigenvalue weighted by molar-refractivity contribution is 4.63. The fourth-order valence-corrected chi connectivity index (χ4v) is 2.48. The van der Waals surface area contributed by atoms with E-state index in [4.69, 9.17) is 0 Å². The molecule has 0 radical (unpaired) electrons. The highest BCUT2D eigenvalue weighted by Gasteiger charge is 2.07. The minimum absolute atomic E-state index is 1.37. The maximum absolute atomic E-state index is 2.69. The molecule has 0 bridgehead atoms. The first-order valence-corrected chi connectivity index (χ1v) is 7.16. The number of unbranched alkanes of at least 4 members (excludes halogenated alkanes) is 5. The number of nitrogens with zero attached hydrogens (tertiary/aromatic N) is 1. The third-order valence-electron chi connectivity index (χ3n) is 3.53. The summed E-state index contributed by atoms with van der Waals surface area (Å²) in [5.41, 5.74) is 0. The van der Waals surface area contributed by atoms with Crippen LogP contribution in [0.4, 0.5) is 0 Å². The second kappa shape index (κ2) is 9.21. The van der Waals surface area contributed by atoms with Crippen LogP contribution < -0.4 is 0 Å². The van der Waals surface area contributed by atoms with Crippen LogP contribution in [0.5, 0.6) is 0 Å². The Morgan fingerprint density at radius 2 is 1.33 bits per heavy atom. The van der Waals surface area contributed by atoms with Gasteiger partial charge in [-0.3, -0.25) is 0 Å². The van der Waals surface area contributed by atoms with Crippen LogP contribution in [0.15, 0.2) is 0 Å². The standard InChI is InChI=1S/C14H29N/c1-2-3-4-5-6-9-12-15-13-10-7-8-11-14-15/h2-14H2,1H3. The fraction of sp³-hybridized carbons (Fsp3) is 1.00. The highest BCUT2D eigenvalue weighted by atomic mass is 15.1. The number of hydrogen-bond acceptors (Lipinski definition) is 1. The van der Waals surface area contributed by atoms with Gasteiger partial charge in [-0.05, 0) is 38.9 Å². The summed E-state index contributed by atoms with van der Waals surface area (Å²) in [5.74, 6) is 0. The molecule has 1 fully saturated rings. The summed E-state index contributed by atoms with van der Waals surface area (Å²) in [6.45, 7) is 6.40. The first-order valence-electron chi connectivity index (χ1n) is 7.16. The maximum atomic E-state index is 2.69. The average molecular weight is 211 g/mol. The second-order valence-electron chi connectivity index (χ2n) is 5.02. The van der Waals surface area contributed by atoms with Crippen molar-refractivity contribution in [1.82, 2.24) is 4.90 Å². The van der Waals surface area contributed by atoms with Crippen molar-refractivity contribution < 1.29 is 0 Å². The van der Waals surface area contributed by atoms with Gasteiger partial charge in [-0.25, -0.2) is 0 Å². The smallest absolute Gasteiger partial charge is 0.00187 e. The van der Waals surface area contributed by atoms with Gasteiger partial charge in [-0.15, -0.1) is 0 Å². The van der Waals surface area contributed by atoms with Crippen LogP contribution >= 0.6 is 0 Å². The van der Waals surface area contributed by atoms with Gasteiger partial charge in [0.25, 0.3) is 0 Å². The second-order valence-corrected chi connectivity index (χ2v) is 5.02. The first-order chi connectivity index (χ1) is 7.43. The third-order valence-corrected chi connectivity index (χ3v) is 3.53. The zero-order valence-electron chi connectivity index (χ0n) is 10.6. The molecule has 1 heterocycles. The highest BCUT2D eigenvalue weighted by Crippen LogP contribution is 2.11. The minimum atomic E-state index is 1.37. The van der Waals surface area contributed by atoms with Crippen molar-refractivity contribution in [3.8, 4) is 0 Å². The van der Waals surface area contributed by atoms with Crippen LogP contribution in [0.1, 0.15) is 71.1 Å². The van der Waals surface area contributed by atoms with Crippen LogP contribution in [0.25, 0.3) is 0 Å². The number of hydrogen-bond donors (Lipinski definition) is 0. The van der Waals surface area contributed by atoms with Gasteiger partial charge >= 0.3 is 0 Å². The van der Waals surface area contributed by atoms with Gasteiger partial charge in [0, 0.05) is 0 Å². The van der Waals surface area contributed by atoms with Gasteiger partial charge < -0.3 is 4.90 Å². The zero-order valence-corrected chi connectivity index (χ0v) is 10.6. The molecule has 0 aromatic carbocycles. The van der Waals surface area contributed by atoms with Crippen LogP contribution in [0.2, 0.25) is 0 Å². The Balaban J connectivity index is 1.89.